The average molecular weight is 199 g/mol. The molecule has 0 spiro atoms. The van der Waals surface area contributed by atoms with E-state index in [9.17, 15) is 9.59 Å². The summed E-state index contributed by atoms with van der Waals surface area (Å²) < 4.78 is 0. The molecule has 80 valence electrons. The minimum Gasteiger partial charge on any atom is -0.358 e. The van der Waals surface area contributed by atoms with Crippen LogP contribution < -0.4 is 16.0 Å². The number of nitrogens with one attached hydrogen (secondary N) is 3. The smallest absolute Gasteiger partial charge is 0.239 e. The van der Waals surface area contributed by atoms with E-state index in [0.29, 0.717) is 0 Å². The Morgan fingerprint density at radius 1 is 1.43 bits per heavy atom. The zero-order valence-corrected chi connectivity index (χ0v) is 8.43. The van der Waals surface area contributed by atoms with E-state index < -0.39 is 0 Å². The summed E-state index contributed by atoms with van der Waals surface area (Å²) >= 11 is 0. The molecule has 0 bridgehead atoms. The van der Waals surface area contributed by atoms with Gasteiger partial charge in [-0.2, -0.15) is 0 Å². The molecule has 5 nitrogen and oxygen atoms in total. The van der Waals surface area contributed by atoms with Crippen LogP contribution in [0.4, 0.5) is 0 Å². The molecule has 2 amide bonds. The lowest BCUT2D eigenvalue weighted by atomic mass is 10.0. The number of amides is 2. The Labute approximate surface area is 83.6 Å². The third kappa shape index (κ3) is 3.33. The van der Waals surface area contributed by atoms with Crippen LogP contribution in [0.2, 0.25) is 0 Å². The summed E-state index contributed by atoms with van der Waals surface area (Å²) in [7, 11) is 1.55. The highest BCUT2D eigenvalue weighted by Gasteiger charge is 2.20. The van der Waals surface area contributed by atoms with E-state index in [1.54, 1.807) is 7.05 Å². The molecule has 1 unspecified atom stereocenters. The Bertz CT molecular complexity index is 212. The Morgan fingerprint density at radius 3 is 2.79 bits per heavy atom. The fourth-order valence-electron chi connectivity index (χ4n) is 1.45. The second-order valence-electron chi connectivity index (χ2n) is 3.39. The quantitative estimate of drug-likeness (QED) is 0.545. The standard InChI is InChI=1S/C9H17N3O2/c1-10-8(13)6-12-9(14)7-4-2-3-5-11-7/h7,11H,2-6H2,1H3,(H,10,13)(H,12,14). The Morgan fingerprint density at radius 2 is 2.21 bits per heavy atom. The van der Waals surface area contributed by atoms with Gasteiger partial charge in [0.25, 0.3) is 0 Å². The molecule has 0 radical (unpaired) electrons. The molecule has 0 aromatic rings. The fraction of sp³-hybridized carbons (Fsp3) is 0.778. The first-order chi connectivity index (χ1) is 6.74. The van der Waals surface area contributed by atoms with E-state index in [-0.39, 0.29) is 24.4 Å². The summed E-state index contributed by atoms with van der Waals surface area (Å²) in [6, 6.07) is -0.117. The number of piperidine rings is 1. The maximum atomic E-state index is 11.5. The van der Waals surface area contributed by atoms with Crippen LogP contribution in [0.3, 0.4) is 0 Å². The van der Waals surface area contributed by atoms with Gasteiger partial charge in [-0.25, -0.2) is 0 Å². The van der Waals surface area contributed by atoms with Gasteiger partial charge in [-0.1, -0.05) is 6.42 Å². The first-order valence-corrected chi connectivity index (χ1v) is 4.95. The maximum Gasteiger partial charge on any atom is 0.239 e. The fourth-order valence-corrected chi connectivity index (χ4v) is 1.45. The maximum absolute atomic E-state index is 11.5. The van der Waals surface area contributed by atoms with Crippen LogP contribution in [0.5, 0.6) is 0 Å². The minimum absolute atomic E-state index is 0.0630. The molecule has 1 aliphatic rings. The van der Waals surface area contributed by atoms with E-state index in [2.05, 4.69) is 16.0 Å². The van der Waals surface area contributed by atoms with Gasteiger partial charge in [-0.05, 0) is 19.4 Å². The van der Waals surface area contributed by atoms with Crippen LogP contribution in [0, 0.1) is 0 Å². The zero-order valence-electron chi connectivity index (χ0n) is 8.43. The number of likely N-dealkylation sites (N-methyl/N-ethyl adjacent to an activating group) is 1. The molecule has 1 saturated heterocycles. The topological polar surface area (TPSA) is 70.2 Å². The van der Waals surface area contributed by atoms with Crippen molar-refractivity contribution < 1.29 is 9.59 Å². The predicted octanol–water partition coefficient (Wildman–Crippen LogP) is -1.01. The number of hydrogen-bond donors (Lipinski definition) is 3. The molecule has 14 heavy (non-hydrogen) atoms. The van der Waals surface area contributed by atoms with Gasteiger partial charge in [0.2, 0.25) is 11.8 Å². The molecule has 1 aliphatic heterocycles. The van der Waals surface area contributed by atoms with Crippen molar-refractivity contribution >= 4 is 11.8 Å². The summed E-state index contributed by atoms with van der Waals surface area (Å²) in [5.74, 6) is -0.248. The molecule has 1 rings (SSSR count). The van der Waals surface area contributed by atoms with Gasteiger partial charge in [-0.15, -0.1) is 0 Å². The summed E-state index contributed by atoms with van der Waals surface area (Å²) in [6.45, 7) is 0.950. The van der Waals surface area contributed by atoms with E-state index >= 15 is 0 Å². The second kappa shape index (κ2) is 5.59. The molecular formula is C9H17N3O2. The van der Waals surface area contributed by atoms with Crippen LogP contribution in [-0.2, 0) is 9.59 Å². The number of carbonyl (C=O) groups is 2. The molecule has 1 fully saturated rings. The molecule has 1 atom stereocenters. The van der Waals surface area contributed by atoms with Crippen LogP contribution >= 0.6 is 0 Å². The highest BCUT2D eigenvalue weighted by atomic mass is 16.2. The highest BCUT2D eigenvalue weighted by Crippen LogP contribution is 2.06. The van der Waals surface area contributed by atoms with Crippen molar-refractivity contribution in [2.45, 2.75) is 25.3 Å². The van der Waals surface area contributed by atoms with Gasteiger partial charge >= 0.3 is 0 Å². The molecule has 5 heteroatoms. The average Bonchev–Trinajstić information content (AvgIpc) is 2.26. The normalized spacial score (nSPS) is 21.4. The first kappa shape index (κ1) is 11.0. The number of carbonyl (C=O) groups excluding carboxylic acids is 2. The monoisotopic (exact) mass is 199 g/mol. The van der Waals surface area contributed by atoms with Gasteiger partial charge in [0, 0.05) is 7.05 Å². The van der Waals surface area contributed by atoms with Crippen molar-refractivity contribution in [2.75, 3.05) is 20.1 Å². The van der Waals surface area contributed by atoms with Crippen molar-refractivity contribution in [3.05, 3.63) is 0 Å². The predicted molar refractivity (Wildman–Crippen MR) is 52.7 cm³/mol. The van der Waals surface area contributed by atoms with Crippen molar-refractivity contribution in [3.8, 4) is 0 Å². The van der Waals surface area contributed by atoms with Crippen molar-refractivity contribution in [1.29, 1.82) is 0 Å². The van der Waals surface area contributed by atoms with Crippen LogP contribution in [0.15, 0.2) is 0 Å². The summed E-state index contributed by atoms with van der Waals surface area (Å²) in [6.07, 6.45) is 3.06. The summed E-state index contributed by atoms with van der Waals surface area (Å²) in [5, 5.41) is 8.16. The minimum atomic E-state index is -0.172. The number of hydrogen-bond acceptors (Lipinski definition) is 3. The summed E-state index contributed by atoms with van der Waals surface area (Å²) in [5.41, 5.74) is 0. The molecule has 0 aromatic heterocycles. The Balaban J connectivity index is 2.23. The van der Waals surface area contributed by atoms with Gasteiger partial charge in [0.1, 0.15) is 0 Å². The van der Waals surface area contributed by atoms with E-state index in [4.69, 9.17) is 0 Å². The van der Waals surface area contributed by atoms with E-state index in [1.165, 1.54) is 0 Å². The molecule has 0 aliphatic carbocycles. The highest BCUT2D eigenvalue weighted by molar-refractivity contribution is 5.87. The van der Waals surface area contributed by atoms with E-state index in [1.807, 2.05) is 0 Å². The van der Waals surface area contributed by atoms with Gasteiger partial charge < -0.3 is 16.0 Å². The second-order valence-corrected chi connectivity index (χ2v) is 3.39. The first-order valence-electron chi connectivity index (χ1n) is 4.95. The third-order valence-electron chi connectivity index (χ3n) is 2.33. The molecule has 3 N–H and O–H groups in total. The third-order valence-corrected chi connectivity index (χ3v) is 2.33. The molecule has 0 aromatic carbocycles. The Hall–Kier alpha value is -1.10. The van der Waals surface area contributed by atoms with Crippen LogP contribution in [0.25, 0.3) is 0 Å². The van der Waals surface area contributed by atoms with Crippen molar-refractivity contribution in [3.63, 3.8) is 0 Å². The van der Waals surface area contributed by atoms with Crippen LogP contribution in [0.1, 0.15) is 19.3 Å². The largest absolute Gasteiger partial charge is 0.358 e. The van der Waals surface area contributed by atoms with Crippen molar-refractivity contribution in [1.82, 2.24) is 16.0 Å². The SMILES string of the molecule is CNC(=O)CNC(=O)C1CCCCN1. The van der Waals surface area contributed by atoms with Gasteiger partial charge in [0.15, 0.2) is 0 Å². The summed E-state index contributed by atoms with van der Waals surface area (Å²) in [4.78, 5) is 22.3. The Kier molecular flexibility index (Phi) is 4.39. The van der Waals surface area contributed by atoms with Gasteiger partial charge in [0.05, 0.1) is 12.6 Å². The van der Waals surface area contributed by atoms with Crippen molar-refractivity contribution in [2.24, 2.45) is 0 Å². The number of rotatable bonds is 3. The lowest BCUT2D eigenvalue weighted by Crippen LogP contribution is -2.48. The lowest BCUT2D eigenvalue weighted by molar-refractivity contribution is -0.127. The molecular weight excluding hydrogens is 182 g/mol. The molecule has 0 saturated carbocycles. The van der Waals surface area contributed by atoms with Crippen LogP contribution in [-0.4, -0.2) is 38.0 Å². The molecule has 1 heterocycles. The van der Waals surface area contributed by atoms with Gasteiger partial charge in [-0.3, -0.25) is 9.59 Å². The lowest BCUT2D eigenvalue weighted by Gasteiger charge is -2.22. The van der Waals surface area contributed by atoms with E-state index in [0.717, 1.165) is 25.8 Å². The zero-order chi connectivity index (χ0) is 10.4.